The maximum Gasteiger partial charge on any atom is 0.319 e. The van der Waals surface area contributed by atoms with Crippen molar-refractivity contribution in [3.8, 4) is 0 Å². The Bertz CT molecular complexity index is 699. The van der Waals surface area contributed by atoms with Crippen LogP contribution in [-0.2, 0) is 0 Å². The Morgan fingerprint density at radius 3 is 2.13 bits per heavy atom. The molecular weight excluding hydrogens is 314 g/mol. The number of carbonyl (C=O) groups is 2. The van der Waals surface area contributed by atoms with Crippen LogP contribution < -0.4 is 16.0 Å². The van der Waals surface area contributed by atoms with Gasteiger partial charge < -0.3 is 16.0 Å². The molecule has 3 N–H and O–H groups in total. The van der Waals surface area contributed by atoms with Gasteiger partial charge in [-0.15, -0.1) is 0 Å². The molecule has 5 nitrogen and oxygen atoms in total. The smallest absolute Gasteiger partial charge is 0.319 e. The highest BCUT2D eigenvalue weighted by Gasteiger charge is 2.07. The number of benzene rings is 2. The third-order valence-corrected chi connectivity index (χ3v) is 3.14. The van der Waals surface area contributed by atoms with Crippen molar-refractivity contribution >= 4 is 34.9 Å². The number of amides is 3. The van der Waals surface area contributed by atoms with Gasteiger partial charge in [-0.2, -0.15) is 0 Å². The summed E-state index contributed by atoms with van der Waals surface area (Å²) in [5.41, 5.74) is 1.75. The lowest BCUT2D eigenvalue weighted by Gasteiger charge is -2.11. The summed E-state index contributed by atoms with van der Waals surface area (Å²) in [6, 6.07) is 13.4. The van der Waals surface area contributed by atoms with Gasteiger partial charge in [-0.3, -0.25) is 4.79 Å². The van der Waals surface area contributed by atoms with Gasteiger partial charge in [-0.05, 0) is 56.3 Å². The van der Waals surface area contributed by atoms with E-state index in [0.29, 0.717) is 22.0 Å². The second kappa shape index (κ2) is 7.65. The van der Waals surface area contributed by atoms with E-state index >= 15 is 0 Å². The van der Waals surface area contributed by atoms with Crippen LogP contribution in [0.2, 0.25) is 5.02 Å². The summed E-state index contributed by atoms with van der Waals surface area (Å²) >= 11 is 5.87. The average Bonchev–Trinajstić information content (AvgIpc) is 2.48. The van der Waals surface area contributed by atoms with Crippen LogP contribution in [0.25, 0.3) is 0 Å². The number of carbonyl (C=O) groups excluding carboxylic acids is 2. The van der Waals surface area contributed by atoms with Gasteiger partial charge in [0.1, 0.15) is 0 Å². The minimum atomic E-state index is -0.268. The molecule has 0 aliphatic carbocycles. The van der Waals surface area contributed by atoms with E-state index in [1.807, 2.05) is 13.8 Å². The summed E-state index contributed by atoms with van der Waals surface area (Å²) in [6.07, 6.45) is 0. The SMILES string of the molecule is CC(C)NC(=O)Nc1ccc(NC(=O)c2cccc(Cl)c2)cc1. The van der Waals surface area contributed by atoms with Crippen LogP contribution in [0.1, 0.15) is 24.2 Å². The van der Waals surface area contributed by atoms with Crippen LogP contribution in [0.5, 0.6) is 0 Å². The van der Waals surface area contributed by atoms with E-state index in [1.54, 1.807) is 48.5 Å². The van der Waals surface area contributed by atoms with Gasteiger partial charge in [0.05, 0.1) is 0 Å². The monoisotopic (exact) mass is 331 g/mol. The number of urea groups is 1. The molecule has 0 heterocycles. The van der Waals surface area contributed by atoms with Gasteiger partial charge in [0, 0.05) is 28.0 Å². The molecule has 2 rings (SSSR count). The lowest BCUT2D eigenvalue weighted by molar-refractivity contribution is 0.102. The first kappa shape index (κ1) is 16.8. The molecule has 0 atom stereocenters. The largest absolute Gasteiger partial charge is 0.336 e. The lowest BCUT2D eigenvalue weighted by Crippen LogP contribution is -2.34. The molecule has 0 bridgehead atoms. The third-order valence-electron chi connectivity index (χ3n) is 2.91. The summed E-state index contributed by atoms with van der Waals surface area (Å²) in [5.74, 6) is -0.245. The summed E-state index contributed by atoms with van der Waals surface area (Å²) in [6.45, 7) is 3.77. The van der Waals surface area contributed by atoms with Gasteiger partial charge >= 0.3 is 6.03 Å². The van der Waals surface area contributed by atoms with Crippen LogP contribution >= 0.6 is 11.6 Å². The zero-order chi connectivity index (χ0) is 16.8. The van der Waals surface area contributed by atoms with Gasteiger partial charge in [0.2, 0.25) is 0 Å². The van der Waals surface area contributed by atoms with E-state index in [-0.39, 0.29) is 18.0 Å². The van der Waals surface area contributed by atoms with E-state index in [0.717, 1.165) is 0 Å². The van der Waals surface area contributed by atoms with E-state index in [1.165, 1.54) is 0 Å². The highest BCUT2D eigenvalue weighted by molar-refractivity contribution is 6.31. The normalized spacial score (nSPS) is 10.3. The standard InChI is InChI=1S/C17H18ClN3O2/c1-11(2)19-17(23)21-15-8-6-14(7-9-15)20-16(22)12-4-3-5-13(18)10-12/h3-11H,1-2H3,(H,20,22)(H2,19,21,23). The lowest BCUT2D eigenvalue weighted by atomic mass is 10.2. The first-order chi connectivity index (χ1) is 10.9. The number of rotatable bonds is 4. The Hall–Kier alpha value is -2.53. The fourth-order valence-electron chi connectivity index (χ4n) is 1.90. The number of nitrogens with one attached hydrogen (secondary N) is 3. The minimum Gasteiger partial charge on any atom is -0.336 e. The molecule has 0 spiro atoms. The Labute approximate surface area is 140 Å². The number of halogens is 1. The summed E-state index contributed by atoms with van der Waals surface area (Å²) in [7, 11) is 0. The molecule has 0 saturated heterocycles. The predicted molar refractivity (Wildman–Crippen MR) is 93.1 cm³/mol. The molecule has 0 aromatic heterocycles. The maximum atomic E-state index is 12.1. The van der Waals surface area contributed by atoms with Crippen LogP contribution in [-0.4, -0.2) is 18.0 Å². The second-order valence-electron chi connectivity index (χ2n) is 5.29. The quantitative estimate of drug-likeness (QED) is 0.788. The van der Waals surface area contributed by atoms with Gasteiger partial charge in [0.15, 0.2) is 0 Å². The molecule has 0 aliphatic rings. The van der Waals surface area contributed by atoms with Crippen molar-refractivity contribution in [3.05, 3.63) is 59.1 Å². The molecule has 0 fully saturated rings. The van der Waals surface area contributed by atoms with Crippen molar-refractivity contribution in [2.75, 3.05) is 10.6 Å². The molecule has 6 heteroatoms. The fraction of sp³-hybridized carbons (Fsp3) is 0.176. The predicted octanol–water partition coefficient (Wildman–Crippen LogP) is 4.12. The Balaban J connectivity index is 1.97. The van der Waals surface area contributed by atoms with Crippen LogP contribution in [0, 0.1) is 0 Å². The topological polar surface area (TPSA) is 70.2 Å². The van der Waals surface area contributed by atoms with Crippen molar-refractivity contribution in [2.24, 2.45) is 0 Å². The Morgan fingerprint density at radius 2 is 1.57 bits per heavy atom. The van der Waals surface area contributed by atoms with Crippen molar-refractivity contribution in [3.63, 3.8) is 0 Å². The summed E-state index contributed by atoms with van der Waals surface area (Å²) in [5, 5.41) is 8.73. The number of hydrogen-bond acceptors (Lipinski definition) is 2. The van der Waals surface area contributed by atoms with E-state index in [9.17, 15) is 9.59 Å². The molecular formula is C17H18ClN3O2. The molecule has 0 aliphatic heterocycles. The van der Waals surface area contributed by atoms with Gasteiger partial charge in [-0.25, -0.2) is 4.79 Å². The van der Waals surface area contributed by atoms with Crippen molar-refractivity contribution in [1.29, 1.82) is 0 Å². The van der Waals surface area contributed by atoms with Crippen LogP contribution in [0.3, 0.4) is 0 Å². The average molecular weight is 332 g/mol. The molecule has 3 amide bonds. The highest BCUT2D eigenvalue weighted by atomic mass is 35.5. The van der Waals surface area contributed by atoms with Crippen molar-refractivity contribution in [1.82, 2.24) is 5.32 Å². The molecule has 120 valence electrons. The Kier molecular flexibility index (Phi) is 5.60. The minimum absolute atomic E-state index is 0.0613. The third kappa shape index (κ3) is 5.30. The highest BCUT2D eigenvalue weighted by Crippen LogP contribution is 2.16. The molecule has 2 aromatic rings. The fourth-order valence-corrected chi connectivity index (χ4v) is 2.09. The maximum absolute atomic E-state index is 12.1. The first-order valence-corrected chi connectivity index (χ1v) is 7.56. The van der Waals surface area contributed by atoms with Gasteiger partial charge in [-0.1, -0.05) is 17.7 Å². The molecule has 2 aromatic carbocycles. The molecule has 0 unspecified atom stereocenters. The summed E-state index contributed by atoms with van der Waals surface area (Å²) < 4.78 is 0. The van der Waals surface area contributed by atoms with E-state index in [4.69, 9.17) is 11.6 Å². The Morgan fingerprint density at radius 1 is 0.957 bits per heavy atom. The van der Waals surface area contributed by atoms with Crippen LogP contribution in [0.4, 0.5) is 16.2 Å². The van der Waals surface area contributed by atoms with E-state index < -0.39 is 0 Å². The van der Waals surface area contributed by atoms with Crippen molar-refractivity contribution < 1.29 is 9.59 Å². The number of hydrogen-bond donors (Lipinski definition) is 3. The molecule has 23 heavy (non-hydrogen) atoms. The zero-order valence-electron chi connectivity index (χ0n) is 12.9. The molecule has 0 radical (unpaired) electrons. The zero-order valence-corrected chi connectivity index (χ0v) is 13.6. The first-order valence-electron chi connectivity index (χ1n) is 7.18. The molecule has 0 saturated carbocycles. The van der Waals surface area contributed by atoms with Crippen molar-refractivity contribution in [2.45, 2.75) is 19.9 Å². The van der Waals surface area contributed by atoms with Gasteiger partial charge in [0.25, 0.3) is 5.91 Å². The number of anilines is 2. The second-order valence-corrected chi connectivity index (χ2v) is 5.73. The van der Waals surface area contributed by atoms with E-state index in [2.05, 4.69) is 16.0 Å². The summed E-state index contributed by atoms with van der Waals surface area (Å²) in [4.78, 5) is 23.7. The van der Waals surface area contributed by atoms with Crippen LogP contribution in [0.15, 0.2) is 48.5 Å².